The van der Waals surface area contributed by atoms with E-state index in [9.17, 15) is 22.8 Å². The highest BCUT2D eigenvalue weighted by atomic mass is 19.4. The van der Waals surface area contributed by atoms with Crippen LogP contribution in [0.2, 0.25) is 0 Å². The number of ether oxygens (including phenoxy) is 1. The van der Waals surface area contributed by atoms with E-state index in [-0.39, 0.29) is 6.42 Å². The van der Waals surface area contributed by atoms with Gasteiger partial charge in [-0.15, -0.1) is 13.2 Å². The molecule has 18 heavy (non-hydrogen) atoms. The van der Waals surface area contributed by atoms with E-state index in [2.05, 4.69) is 4.74 Å². The normalized spacial score (nSPS) is 14.7. The number of halogens is 3. The molecule has 1 aliphatic rings. The van der Waals surface area contributed by atoms with Crippen molar-refractivity contribution in [1.29, 1.82) is 0 Å². The molecule has 2 rings (SSSR count). The number of anilines is 1. The topological polar surface area (TPSA) is 46.6 Å². The quantitative estimate of drug-likeness (QED) is 0.775. The van der Waals surface area contributed by atoms with Crippen LogP contribution >= 0.6 is 0 Å². The molecule has 0 radical (unpaired) electrons. The summed E-state index contributed by atoms with van der Waals surface area (Å²) in [7, 11) is 0. The van der Waals surface area contributed by atoms with E-state index < -0.39 is 23.9 Å². The highest BCUT2D eigenvalue weighted by molar-refractivity contribution is 6.18. The van der Waals surface area contributed by atoms with Crippen molar-refractivity contribution in [1.82, 2.24) is 0 Å². The molecule has 0 saturated carbocycles. The molecule has 96 valence electrons. The van der Waals surface area contributed by atoms with E-state index in [1.54, 1.807) is 0 Å². The van der Waals surface area contributed by atoms with Gasteiger partial charge in [0.25, 0.3) is 0 Å². The molecule has 1 aromatic carbocycles. The number of carbonyl (C=O) groups excluding carboxylic acids is 2. The molecule has 1 aromatic rings. The molecule has 0 unspecified atom stereocenters. The Morgan fingerprint density at radius 2 is 2.06 bits per heavy atom. The fourth-order valence-electron chi connectivity index (χ4n) is 1.84. The van der Waals surface area contributed by atoms with Gasteiger partial charge in [0, 0.05) is 6.92 Å². The van der Waals surface area contributed by atoms with Gasteiger partial charge in [-0.3, -0.25) is 14.5 Å². The smallest absolute Gasteiger partial charge is 0.406 e. The molecule has 0 aliphatic carbocycles. The summed E-state index contributed by atoms with van der Waals surface area (Å²) in [4.78, 5) is 23.7. The molecular weight excluding hydrogens is 251 g/mol. The number of alkyl halides is 3. The first kappa shape index (κ1) is 12.4. The van der Waals surface area contributed by atoms with E-state index in [4.69, 9.17) is 0 Å². The summed E-state index contributed by atoms with van der Waals surface area (Å²) in [6.07, 6.45) is -4.89. The first-order valence-corrected chi connectivity index (χ1v) is 5.00. The lowest BCUT2D eigenvalue weighted by Gasteiger charge is -2.13. The average molecular weight is 259 g/mol. The number of nitrogens with zero attached hydrogens (tertiary/aromatic N) is 1. The molecule has 2 amide bonds. The summed E-state index contributed by atoms with van der Waals surface area (Å²) in [5, 5.41) is 0. The van der Waals surface area contributed by atoms with Crippen molar-refractivity contribution in [3.63, 3.8) is 0 Å². The van der Waals surface area contributed by atoms with Gasteiger partial charge in [-0.25, -0.2) is 0 Å². The zero-order valence-corrected chi connectivity index (χ0v) is 9.25. The molecule has 0 atom stereocenters. The van der Waals surface area contributed by atoms with Crippen LogP contribution in [0, 0.1) is 0 Å². The first-order valence-electron chi connectivity index (χ1n) is 5.00. The predicted molar refractivity (Wildman–Crippen MR) is 55.0 cm³/mol. The highest BCUT2D eigenvalue weighted by Gasteiger charge is 2.34. The lowest BCUT2D eigenvalue weighted by atomic mass is 10.1. The second-order valence-electron chi connectivity index (χ2n) is 3.76. The Morgan fingerprint density at radius 3 is 2.61 bits per heavy atom. The number of amides is 2. The number of imide groups is 1. The number of hydrogen-bond acceptors (Lipinski definition) is 3. The van der Waals surface area contributed by atoms with Crippen molar-refractivity contribution < 1.29 is 27.5 Å². The summed E-state index contributed by atoms with van der Waals surface area (Å²) in [6, 6.07) is 3.45. The van der Waals surface area contributed by atoms with Crippen molar-refractivity contribution in [2.24, 2.45) is 0 Å². The Balaban J connectivity index is 2.34. The zero-order chi connectivity index (χ0) is 13.5. The monoisotopic (exact) mass is 259 g/mol. The Hall–Kier alpha value is -2.05. The summed E-state index contributed by atoms with van der Waals surface area (Å²) in [5.74, 6) is -1.33. The van der Waals surface area contributed by atoms with Crippen LogP contribution in [-0.2, 0) is 16.0 Å². The summed E-state index contributed by atoms with van der Waals surface area (Å²) in [5.41, 5.74) is 0.652. The minimum absolute atomic E-state index is 0.107. The molecule has 0 N–H and O–H groups in total. The van der Waals surface area contributed by atoms with Gasteiger partial charge in [-0.2, -0.15) is 0 Å². The summed E-state index contributed by atoms with van der Waals surface area (Å²) < 4.78 is 39.8. The third kappa shape index (κ3) is 2.29. The van der Waals surface area contributed by atoms with Crippen LogP contribution in [0.3, 0.4) is 0 Å². The minimum atomic E-state index is -4.78. The minimum Gasteiger partial charge on any atom is -0.406 e. The van der Waals surface area contributed by atoms with Gasteiger partial charge in [-0.05, 0) is 23.8 Å². The van der Waals surface area contributed by atoms with Crippen molar-refractivity contribution in [3.8, 4) is 5.75 Å². The van der Waals surface area contributed by atoms with Crippen molar-refractivity contribution in [2.45, 2.75) is 19.7 Å². The van der Waals surface area contributed by atoms with Gasteiger partial charge in [0.1, 0.15) is 5.75 Å². The second-order valence-corrected chi connectivity index (χ2v) is 3.76. The van der Waals surface area contributed by atoms with Gasteiger partial charge >= 0.3 is 6.36 Å². The van der Waals surface area contributed by atoms with E-state index in [1.165, 1.54) is 13.0 Å². The van der Waals surface area contributed by atoms with Crippen LogP contribution in [0.4, 0.5) is 18.9 Å². The van der Waals surface area contributed by atoms with Gasteiger partial charge in [0.15, 0.2) is 0 Å². The second kappa shape index (κ2) is 4.01. The van der Waals surface area contributed by atoms with Crippen molar-refractivity contribution >= 4 is 17.5 Å². The highest BCUT2D eigenvalue weighted by Crippen LogP contribution is 2.33. The average Bonchev–Trinajstić information content (AvgIpc) is 2.50. The SMILES string of the molecule is CC(=O)N1C(=O)Cc2cc(OC(F)(F)F)ccc21. The number of fused-ring (bicyclic) bond motifs is 1. The fourth-order valence-corrected chi connectivity index (χ4v) is 1.84. The predicted octanol–water partition coefficient (Wildman–Crippen LogP) is 2.02. The van der Waals surface area contributed by atoms with Crippen molar-refractivity contribution in [3.05, 3.63) is 23.8 Å². The number of benzene rings is 1. The number of hydrogen-bond donors (Lipinski definition) is 0. The number of rotatable bonds is 1. The van der Waals surface area contributed by atoms with E-state index in [0.29, 0.717) is 11.3 Å². The molecule has 0 aromatic heterocycles. The Kier molecular flexibility index (Phi) is 2.76. The largest absolute Gasteiger partial charge is 0.573 e. The Labute approximate surface area is 99.9 Å². The maximum atomic E-state index is 12.0. The van der Waals surface area contributed by atoms with Crippen LogP contribution in [-0.4, -0.2) is 18.2 Å². The first-order chi connectivity index (χ1) is 8.28. The van der Waals surface area contributed by atoms with Crippen LogP contribution < -0.4 is 9.64 Å². The molecule has 0 fully saturated rings. The van der Waals surface area contributed by atoms with Gasteiger partial charge in [0.05, 0.1) is 12.1 Å². The van der Waals surface area contributed by atoms with Crippen LogP contribution in [0.25, 0.3) is 0 Å². The third-order valence-electron chi connectivity index (χ3n) is 2.43. The molecule has 7 heteroatoms. The van der Waals surface area contributed by atoms with Gasteiger partial charge in [0.2, 0.25) is 11.8 Å². The third-order valence-corrected chi connectivity index (χ3v) is 2.43. The van der Waals surface area contributed by atoms with Crippen molar-refractivity contribution in [2.75, 3.05) is 4.90 Å². The van der Waals surface area contributed by atoms with Crippen LogP contribution in [0.1, 0.15) is 12.5 Å². The van der Waals surface area contributed by atoms with E-state index in [0.717, 1.165) is 17.0 Å². The molecule has 1 aliphatic heterocycles. The van der Waals surface area contributed by atoms with E-state index in [1.807, 2.05) is 0 Å². The Morgan fingerprint density at radius 1 is 1.39 bits per heavy atom. The molecule has 4 nitrogen and oxygen atoms in total. The van der Waals surface area contributed by atoms with E-state index >= 15 is 0 Å². The fraction of sp³-hybridized carbons (Fsp3) is 0.273. The summed E-state index contributed by atoms with van der Waals surface area (Å²) >= 11 is 0. The maximum absolute atomic E-state index is 12.0. The molecular formula is C11H8F3NO3. The lowest BCUT2D eigenvalue weighted by Crippen LogP contribution is -2.31. The standard InChI is InChI=1S/C11H8F3NO3/c1-6(16)15-9-3-2-8(18-11(12,13)14)4-7(9)5-10(15)17/h2-4H,5H2,1H3. The molecule has 1 heterocycles. The molecule has 0 spiro atoms. The van der Waals surface area contributed by atoms with Gasteiger partial charge < -0.3 is 4.74 Å². The van der Waals surface area contributed by atoms with Crippen LogP contribution in [0.5, 0.6) is 5.75 Å². The molecule has 0 bridgehead atoms. The van der Waals surface area contributed by atoms with Gasteiger partial charge in [-0.1, -0.05) is 0 Å². The maximum Gasteiger partial charge on any atom is 0.573 e. The number of carbonyl (C=O) groups is 2. The zero-order valence-electron chi connectivity index (χ0n) is 9.25. The Bertz CT molecular complexity index is 525. The summed E-state index contributed by atoms with van der Waals surface area (Å²) in [6.45, 7) is 1.22. The van der Waals surface area contributed by atoms with Crippen LogP contribution in [0.15, 0.2) is 18.2 Å². The lowest BCUT2D eigenvalue weighted by molar-refractivity contribution is -0.274. The molecule has 0 saturated heterocycles.